The van der Waals surface area contributed by atoms with Crippen molar-refractivity contribution in [3.05, 3.63) is 0 Å². The Balaban J connectivity index is 0.000000383. The van der Waals surface area contributed by atoms with E-state index >= 15 is 0 Å². The first kappa shape index (κ1) is 50.4. The topological polar surface area (TPSA) is 18.5 Å². The van der Waals surface area contributed by atoms with Crippen LogP contribution in [0.1, 0.15) is 206 Å². The molecule has 0 saturated heterocycles. The molecule has 2 nitrogen and oxygen atoms in total. The zero-order valence-corrected chi connectivity index (χ0v) is 39.2. The van der Waals surface area contributed by atoms with Gasteiger partial charge >= 0.3 is 81.8 Å². The first-order valence-corrected chi connectivity index (χ1v) is 26.4. The van der Waals surface area contributed by atoms with Gasteiger partial charge in [0, 0.05) is 0 Å². The summed E-state index contributed by atoms with van der Waals surface area (Å²) in [7, 11) is 0.770. The van der Waals surface area contributed by atoms with Crippen LogP contribution < -0.4 is 24.8 Å². The normalized spacial score (nSPS) is 23.4. The van der Waals surface area contributed by atoms with Gasteiger partial charge in [-0.05, 0) is 111 Å². The van der Waals surface area contributed by atoms with Gasteiger partial charge in [-0.15, -0.1) is 0 Å². The molecule has 0 aromatic heterocycles. The zero-order chi connectivity index (χ0) is 34.1. The van der Waals surface area contributed by atoms with Crippen molar-refractivity contribution in [2.45, 2.75) is 240 Å². The fraction of sp³-hybridized carbons (Fsp3) is 0.952. The second-order valence-corrected chi connectivity index (χ2v) is 22.7. The van der Waals surface area contributed by atoms with E-state index in [1.165, 1.54) is 72.5 Å². The van der Waals surface area contributed by atoms with Crippen LogP contribution in [0.25, 0.3) is 0 Å². The van der Waals surface area contributed by atoms with Crippen molar-refractivity contribution in [2.24, 2.45) is 0 Å². The summed E-state index contributed by atoms with van der Waals surface area (Å²) in [5, 5.41) is 0. The quantitative estimate of drug-likeness (QED) is 0.166. The Hall–Kier alpha value is 2.35. The van der Waals surface area contributed by atoms with E-state index in [9.17, 15) is 0 Å². The fourth-order valence-electron chi connectivity index (χ4n) is 10.2. The summed E-state index contributed by atoms with van der Waals surface area (Å²) in [4.78, 5) is 3.22. The molecule has 0 atom stereocenters. The Kier molecular flexibility index (Phi) is 33.7. The van der Waals surface area contributed by atoms with Crippen molar-refractivity contribution in [3.8, 4) is 0 Å². The number of halogens is 2. The van der Waals surface area contributed by atoms with E-state index in [2.05, 4.69) is 45.2 Å². The van der Waals surface area contributed by atoms with Gasteiger partial charge in [-0.25, -0.2) is 0 Å². The second-order valence-electron chi connectivity index (χ2n) is 15.7. The third-order valence-electron chi connectivity index (χ3n) is 12.4. The molecule has 8 heteroatoms. The summed E-state index contributed by atoms with van der Waals surface area (Å²) in [5.41, 5.74) is 7.14. The molecular formula is C42H78Cl2O2P2Ru2. The Morgan fingerprint density at radius 3 is 0.620 bits per heavy atom. The van der Waals surface area contributed by atoms with Crippen LogP contribution in [0.15, 0.2) is 0 Å². The fourth-order valence-corrected chi connectivity index (χ4v) is 20.1. The van der Waals surface area contributed by atoms with Crippen molar-refractivity contribution < 1.29 is 70.0 Å². The van der Waals surface area contributed by atoms with E-state index in [0.29, 0.717) is 15.8 Å². The summed E-state index contributed by atoms with van der Waals surface area (Å²) < 4.78 is 9.35. The molecule has 0 spiro atoms. The molecule has 6 aliphatic rings. The van der Waals surface area contributed by atoms with Crippen LogP contribution in [0.5, 0.6) is 0 Å². The van der Waals surface area contributed by atoms with Gasteiger partial charge < -0.3 is 24.8 Å². The minimum Gasteiger partial charge on any atom is -1.00 e. The van der Waals surface area contributed by atoms with Gasteiger partial charge in [0.1, 0.15) is 0 Å². The third kappa shape index (κ3) is 20.0. The molecule has 298 valence electrons. The molecule has 50 heavy (non-hydrogen) atoms. The average molecular weight is 950 g/mol. The smallest absolute Gasteiger partial charge is 1.00 e. The Bertz CT molecular complexity index is 626. The van der Waals surface area contributed by atoms with Gasteiger partial charge in [0.15, 0.2) is 0 Å². The van der Waals surface area contributed by atoms with E-state index in [-0.39, 0.29) is 24.8 Å². The van der Waals surface area contributed by atoms with Gasteiger partial charge in [-0.1, -0.05) is 131 Å². The summed E-state index contributed by atoms with van der Waals surface area (Å²) in [6.45, 7) is 5.44. The number of hydrogen-bond acceptors (Lipinski definition) is 2. The van der Waals surface area contributed by atoms with Gasteiger partial charge in [0.25, 0.3) is 0 Å². The summed E-state index contributed by atoms with van der Waals surface area (Å²) in [6, 6.07) is 0. The molecule has 0 bridgehead atoms. The molecule has 0 amide bonds. The summed E-state index contributed by atoms with van der Waals surface area (Å²) >= 11 is 4.55. The molecule has 0 heterocycles. The van der Waals surface area contributed by atoms with Crippen LogP contribution >= 0.6 is 15.8 Å². The Morgan fingerprint density at radius 2 is 0.520 bits per heavy atom. The minimum atomic E-state index is 0. The molecule has 0 radical (unpaired) electrons. The first-order chi connectivity index (χ1) is 23.7. The van der Waals surface area contributed by atoms with Crippen molar-refractivity contribution in [3.63, 3.8) is 0 Å². The molecule has 6 fully saturated rings. The molecule has 0 aliphatic heterocycles. The molecule has 6 saturated carbocycles. The second kappa shape index (κ2) is 33.5. The van der Waals surface area contributed by atoms with Gasteiger partial charge in [-0.2, -0.15) is 0 Å². The van der Waals surface area contributed by atoms with Gasteiger partial charge in [0.05, 0.1) is 0 Å². The Labute approximate surface area is 346 Å². The number of rotatable bonds is 10. The van der Waals surface area contributed by atoms with Crippen molar-refractivity contribution in [1.82, 2.24) is 0 Å². The molecule has 0 N–H and O–H groups in total. The van der Waals surface area contributed by atoms with Gasteiger partial charge in [0.2, 0.25) is 0 Å². The van der Waals surface area contributed by atoms with Crippen LogP contribution in [-0.4, -0.2) is 56.8 Å². The van der Waals surface area contributed by atoms with Crippen LogP contribution in [-0.2, 0) is 45.2 Å². The van der Waals surface area contributed by atoms with E-state index in [4.69, 9.17) is 0 Å². The van der Waals surface area contributed by atoms with Crippen molar-refractivity contribution in [2.75, 3.05) is 13.2 Å². The zero-order valence-electron chi connectivity index (χ0n) is 32.4. The maximum atomic E-state index is 4.68. The SMILES string of the molecule is C1CCC(P(C2CCCCC2)C2CCCCC2)CC1.C1CCC(P(C2CCCCC2)C2CCCCC2)CC1.CCO[CH]=[Ru+].CCO[CH]=[Ru+].[Cl-].[Cl-]. The van der Waals surface area contributed by atoms with Crippen LogP contribution in [0.3, 0.4) is 0 Å². The predicted octanol–water partition coefficient (Wildman–Crippen LogP) is 7.60. The van der Waals surface area contributed by atoms with Gasteiger partial charge in [-0.3, -0.25) is 0 Å². The van der Waals surface area contributed by atoms with E-state index < -0.39 is 0 Å². The summed E-state index contributed by atoms with van der Waals surface area (Å²) in [6.07, 6.45) is 47.2. The van der Waals surface area contributed by atoms with E-state index in [1.807, 2.05) is 13.8 Å². The monoisotopic (exact) mass is 950 g/mol. The molecule has 6 rings (SSSR count). The summed E-state index contributed by atoms with van der Waals surface area (Å²) in [5.74, 6) is 0. The first-order valence-electron chi connectivity index (χ1n) is 21.3. The number of ether oxygens (including phenoxy) is 2. The Morgan fingerprint density at radius 1 is 0.360 bits per heavy atom. The largest absolute Gasteiger partial charge is 1.00 e. The van der Waals surface area contributed by atoms with Crippen molar-refractivity contribution in [1.29, 1.82) is 0 Å². The molecule has 6 aliphatic carbocycles. The average Bonchev–Trinajstić information content (AvgIpc) is 3.16. The van der Waals surface area contributed by atoms with Crippen LogP contribution in [0.2, 0.25) is 0 Å². The minimum absolute atomic E-state index is 0. The van der Waals surface area contributed by atoms with E-state index in [1.54, 1.807) is 164 Å². The van der Waals surface area contributed by atoms with E-state index in [0.717, 1.165) is 13.2 Å². The molecular weight excluding hydrogens is 871 g/mol. The van der Waals surface area contributed by atoms with Crippen LogP contribution in [0, 0.1) is 0 Å². The maximum absolute atomic E-state index is 4.68. The third-order valence-corrected chi connectivity index (χ3v) is 21.2. The van der Waals surface area contributed by atoms with Crippen molar-refractivity contribution >= 4 is 25.4 Å². The molecule has 0 aromatic carbocycles. The van der Waals surface area contributed by atoms with Crippen LogP contribution in [0.4, 0.5) is 0 Å². The number of hydrogen-bond donors (Lipinski definition) is 0. The predicted molar refractivity (Wildman–Crippen MR) is 210 cm³/mol. The maximum Gasteiger partial charge on any atom is -1.00 e. The molecule has 0 unspecified atom stereocenters. The standard InChI is InChI=1S/2C18H33P.2C3H6O.2ClH.2Ru/c2*1-4-10-16(11-5-1)19(17-12-6-2-7-13-17)18-14-8-3-9-15-18;2*1-3-4-2;;;;/h2*16-18H,1-15H2;2*2H,3H2,1H3;2*1H;;/q;;;;;;2*+1/p-2. The molecule has 0 aromatic rings.